The second-order valence-corrected chi connectivity index (χ2v) is 8.81. The Labute approximate surface area is 158 Å². The zero-order chi connectivity index (χ0) is 19.6. The summed E-state index contributed by atoms with van der Waals surface area (Å²) in [6.45, 7) is 2.99. The molecule has 2 aliphatic heterocycles. The summed E-state index contributed by atoms with van der Waals surface area (Å²) in [6.07, 6.45) is 2.66. The molecule has 27 heavy (non-hydrogen) atoms. The van der Waals surface area contributed by atoms with Crippen molar-refractivity contribution in [1.82, 2.24) is 9.21 Å². The number of rotatable bonds is 4. The molecule has 0 radical (unpaired) electrons. The number of benzene rings is 1. The molecule has 9 heteroatoms. The van der Waals surface area contributed by atoms with Crippen molar-refractivity contribution in [3.8, 4) is 0 Å². The monoisotopic (exact) mass is 396 g/mol. The van der Waals surface area contributed by atoms with Crippen LogP contribution >= 0.6 is 0 Å². The predicted molar refractivity (Wildman–Crippen MR) is 97.1 cm³/mol. The summed E-state index contributed by atoms with van der Waals surface area (Å²) in [7, 11) is -3.67. The summed E-state index contributed by atoms with van der Waals surface area (Å²) < 4.78 is 32.4. The van der Waals surface area contributed by atoms with Crippen molar-refractivity contribution in [3.05, 3.63) is 29.3 Å². The average molecular weight is 396 g/mol. The number of sulfonamides is 1. The number of piperidine rings is 1. The maximum absolute atomic E-state index is 13.0. The standard InChI is InChI=1S/C18H24N2O6S/c1-13-5-6-14(27(24,25)19-7-3-2-4-8-19)11-15(13)17(21)20-9-10-26-12-16(20)18(22)23/h5-6,11,16H,2-4,7-10,12H2,1H3,(H,22,23). The van der Waals surface area contributed by atoms with Crippen LogP contribution < -0.4 is 0 Å². The van der Waals surface area contributed by atoms with Gasteiger partial charge in [0.05, 0.1) is 18.1 Å². The van der Waals surface area contributed by atoms with Crippen LogP contribution in [0, 0.1) is 6.92 Å². The number of carboxylic acids is 1. The minimum atomic E-state index is -3.67. The second-order valence-electron chi connectivity index (χ2n) is 6.87. The summed E-state index contributed by atoms with van der Waals surface area (Å²) in [5, 5.41) is 9.35. The molecule has 2 saturated heterocycles. The van der Waals surface area contributed by atoms with E-state index >= 15 is 0 Å². The van der Waals surface area contributed by atoms with Gasteiger partial charge in [-0.25, -0.2) is 13.2 Å². The van der Waals surface area contributed by atoms with Crippen LogP contribution in [0.25, 0.3) is 0 Å². The van der Waals surface area contributed by atoms with Crippen molar-refractivity contribution in [2.24, 2.45) is 0 Å². The second kappa shape index (κ2) is 7.95. The summed E-state index contributed by atoms with van der Waals surface area (Å²) in [4.78, 5) is 25.7. The highest BCUT2D eigenvalue weighted by Crippen LogP contribution is 2.24. The highest BCUT2D eigenvalue weighted by atomic mass is 32.2. The van der Waals surface area contributed by atoms with E-state index in [1.54, 1.807) is 13.0 Å². The highest BCUT2D eigenvalue weighted by molar-refractivity contribution is 7.89. The third-order valence-electron chi connectivity index (χ3n) is 5.07. The maximum Gasteiger partial charge on any atom is 0.328 e. The van der Waals surface area contributed by atoms with E-state index in [1.807, 2.05) is 0 Å². The molecule has 0 spiro atoms. The van der Waals surface area contributed by atoms with Crippen LogP contribution in [-0.2, 0) is 19.6 Å². The lowest BCUT2D eigenvalue weighted by atomic mass is 10.1. The lowest BCUT2D eigenvalue weighted by molar-refractivity contribution is -0.147. The number of ether oxygens (including phenoxy) is 1. The fraction of sp³-hybridized carbons (Fsp3) is 0.556. The van der Waals surface area contributed by atoms with Crippen LogP contribution in [-0.4, -0.2) is 73.5 Å². The molecule has 2 aliphatic rings. The lowest BCUT2D eigenvalue weighted by Crippen LogP contribution is -2.52. The number of nitrogens with zero attached hydrogens (tertiary/aromatic N) is 2. The number of amides is 1. The normalized spacial score (nSPS) is 21.8. The highest BCUT2D eigenvalue weighted by Gasteiger charge is 2.34. The Balaban J connectivity index is 1.93. The van der Waals surface area contributed by atoms with E-state index in [-0.39, 0.29) is 30.2 Å². The van der Waals surface area contributed by atoms with Gasteiger partial charge in [-0.15, -0.1) is 0 Å². The van der Waals surface area contributed by atoms with E-state index in [4.69, 9.17) is 4.74 Å². The van der Waals surface area contributed by atoms with Crippen LogP contribution in [0.5, 0.6) is 0 Å². The molecule has 1 unspecified atom stereocenters. The molecule has 2 heterocycles. The number of aliphatic carboxylic acids is 1. The average Bonchev–Trinajstić information content (AvgIpc) is 2.68. The van der Waals surface area contributed by atoms with Gasteiger partial charge in [-0.1, -0.05) is 12.5 Å². The molecule has 1 atom stereocenters. The van der Waals surface area contributed by atoms with Crippen LogP contribution in [0.4, 0.5) is 0 Å². The van der Waals surface area contributed by atoms with Crippen molar-refractivity contribution in [2.45, 2.75) is 37.1 Å². The Hall–Kier alpha value is -1.97. The third-order valence-corrected chi connectivity index (χ3v) is 6.96. The van der Waals surface area contributed by atoms with E-state index in [0.29, 0.717) is 18.7 Å². The summed E-state index contributed by atoms with van der Waals surface area (Å²) in [6, 6.07) is 3.40. The van der Waals surface area contributed by atoms with E-state index in [0.717, 1.165) is 19.3 Å². The van der Waals surface area contributed by atoms with Crippen LogP contribution in [0.1, 0.15) is 35.2 Å². The molecule has 1 aromatic rings. The molecular weight excluding hydrogens is 372 g/mol. The molecule has 1 amide bonds. The zero-order valence-corrected chi connectivity index (χ0v) is 16.1. The van der Waals surface area contributed by atoms with Gasteiger partial charge in [0.2, 0.25) is 10.0 Å². The Morgan fingerprint density at radius 1 is 1.15 bits per heavy atom. The Morgan fingerprint density at radius 3 is 2.52 bits per heavy atom. The first-order valence-electron chi connectivity index (χ1n) is 9.04. The molecular formula is C18H24N2O6S. The Morgan fingerprint density at radius 2 is 1.85 bits per heavy atom. The molecule has 148 valence electrons. The smallest absolute Gasteiger partial charge is 0.328 e. The molecule has 2 fully saturated rings. The number of aryl methyl sites for hydroxylation is 1. The summed E-state index contributed by atoms with van der Waals surface area (Å²) >= 11 is 0. The molecule has 0 aliphatic carbocycles. The molecule has 0 saturated carbocycles. The van der Waals surface area contributed by atoms with Crippen LogP contribution in [0.15, 0.2) is 23.1 Å². The Kier molecular flexibility index (Phi) is 5.83. The lowest BCUT2D eigenvalue weighted by Gasteiger charge is -2.33. The fourth-order valence-corrected chi connectivity index (χ4v) is 5.00. The first-order chi connectivity index (χ1) is 12.8. The predicted octanol–water partition coefficient (Wildman–Crippen LogP) is 1.10. The van der Waals surface area contributed by atoms with Crippen LogP contribution in [0.3, 0.4) is 0 Å². The minimum Gasteiger partial charge on any atom is -0.480 e. The van der Waals surface area contributed by atoms with Gasteiger partial charge in [0, 0.05) is 25.2 Å². The number of carbonyl (C=O) groups excluding carboxylic acids is 1. The minimum absolute atomic E-state index is 0.0680. The molecule has 1 N–H and O–H groups in total. The van der Waals surface area contributed by atoms with Gasteiger partial charge in [0.1, 0.15) is 0 Å². The van der Waals surface area contributed by atoms with Crippen molar-refractivity contribution >= 4 is 21.9 Å². The van der Waals surface area contributed by atoms with Crippen LogP contribution in [0.2, 0.25) is 0 Å². The number of carbonyl (C=O) groups is 2. The number of morpholine rings is 1. The number of carboxylic acid groups (broad SMARTS) is 1. The van der Waals surface area contributed by atoms with Crippen molar-refractivity contribution in [2.75, 3.05) is 32.8 Å². The first-order valence-corrected chi connectivity index (χ1v) is 10.5. The van der Waals surface area contributed by atoms with Gasteiger partial charge in [-0.3, -0.25) is 4.79 Å². The Bertz CT molecular complexity index is 832. The maximum atomic E-state index is 13.0. The van der Waals surface area contributed by atoms with Crippen molar-refractivity contribution < 1.29 is 27.9 Å². The van der Waals surface area contributed by atoms with E-state index in [9.17, 15) is 23.1 Å². The van der Waals surface area contributed by atoms with E-state index in [2.05, 4.69) is 0 Å². The largest absolute Gasteiger partial charge is 0.480 e. The van der Waals surface area contributed by atoms with Gasteiger partial charge in [0.25, 0.3) is 5.91 Å². The molecule has 0 bridgehead atoms. The van der Waals surface area contributed by atoms with Crippen molar-refractivity contribution in [3.63, 3.8) is 0 Å². The SMILES string of the molecule is Cc1ccc(S(=O)(=O)N2CCCCC2)cc1C(=O)N1CCOCC1C(=O)O. The number of hydrogen-bond acceptors (Lipinski definition) is 5. The van der Waals surface area contributed by atoms with E-state index in [1.165, 1.54) is 21.3 Å². The third kappa shape index (κ3) is 3.99. The van der Waals surface area contributed by atoms with Gasteiger partial charge < -0.3 is 14.7 Å². The van der Waals surface area contributed by atoms with E-state index < -0.39 is 27.9 Å². The zero-order valence-electron chi connectivity index (χ0n) is 15.3. The molecule has 1 aromatic carbocycles. The number of hydrogen-bond donors (Lipinski definition) is 1. The molecule has 0 aromatic heterocycles. The topological polar surface area (TPSA) is 104 Å². The summed E-state index contributed by atoms with van der Waals surface area (Å²) in [5.74, 6) is -1.63. The van der Waals surface area contributed by atoms with Gasteiger partial charge in [-0.2, -0.15) is 4.31 Å². The molecule has 3 rings (SSSR count). The van der Waals surface area contributed by atoms with Gasteiger partial charge in [0.15, 0.2) is 6.04 Å². The van der Waals surface area contributed by atoms with Gasteiger partial charge in [-0.05, 0) is 37.5 Å². The van der Waals surface area contributed by atoms with Gasteiger partial charge >= 0.3 is 5.97 Å². The fourth-order valence-electron chi connectivity index (χ4n) is 3.45. The summed E-state index contributed by atoms with van der Waals surface area (Å²) in [5.41, 5.74) is 0.814. The van der Waals surface area contributed by atoms with Crippen molar-refractivity contribution in [1.29, 1.82) is 0 Å². The first kappa shape index (κ1) is 19.8. The molecule has 8 nitrogen and oxygen atoms in total. The quantitative estimate of drug-likeness (QED) is 0.817.